The van der Waals surface area contributed by atoms with E-state index in [-0.39, 0.29) is 23.9 Å². The van der Waals surface area contributed by atoms with Gasteiger partial charge in [0.25, 0.3) is 5.91 Å². The Kier molecular flexibility index (Phi) is 7.11. The Balaban J connectivity index is 1.63. The van der Waals surface area contributed by atoms with Crippen LogP contribution in [-0.2, 0) is 11.2 Å². The average molecular weight is 472 g/mol. The second-order valence-corrected chi connectivity index (χ2v) is 7.74. The number of nitrogens with zero attached hydrogens (tertiary/aromatic N) is 1. The number of carbonyl (C=O) groups is 2. The molecule has 3 N–H and O–H groups in total. The lowest BCUT2D eigenvalue weighted by atomic mass is 10.1. The summed E-state index contributed by atoms with van der Waals surface area (Å²) in [5.41, 5.74) is 1.98. The van der Waals surface area contributed by atoms with Crippen LogP contribution in [0.15, 0.2) is 72.8 Å². The van der Waals surface area contributed by atoms with Gasteiger partial charge < -0.3 is 25.0 Å². The highest BCUT2D eigenvalue weighted by Crippen LogP contribution is 2.37. The molecule has 0 radical (unpaired) electrons. The number of pyridine rings is 1. The molecule has 0 aliphatic rings. The Morgan fingerprint density at radius 1 is 0.914 bits per heavy atom. The predicted molar refractivity (Wildman–Crippen MR) is 130 cm³/mol. The van der Waals surface area contributed by atoms with Crippen LogP contribution in [0.5, 0.6) is 23.1 Å². The van der Waals surface area contributed by atoms with Gasteiger partial charge in [-0.3, -0.25) is 9.59 Å². The summed E-state index contributed by atoms with van der Waals surface area (Å²) in [5.74, 6) is -1.12. The summed E-state index contributed by atoms with van der Waals surface area (Å²) in [7, 11) is 0. The molecule has 3 aromatic carbocycles. The molecule has 35 heavy (non-hydrogen) atoms. The molecule has 0 fully saturated rings. The summed E-state index contributed by atoms with van der Waals surface area (Å²) in [6, 6.07) is 22.9. The molecule has 1 amide bonds. The molecule has 0 spiro atoms. The van der Waals surface area contributed by atoms with Gasteiger partial charge in [0.1, 0.15) is 18.0 Å². The molecule has 178 valence electrons. The first kappa shape index (κ1) is 23.6. The summed E-state index contributed by atoms with van der Waals surface area (Å²) < 4.78 is 11.7. The van der Waals surface area contributed by atoms with Crippen LogP contribution in [0.4, 0.5) is 0 Å². The van der Waals surface area contributed by atoms with E-state index in [2.05, 4.69) is 22.4 Å². The molecule has 0 unspecified atom stereocenters. The summed E-state index contributed by atoms with van der Waals surface area (Å²) in [6.07, 6.45) is 0.773. The maximum absolute atomic E-state index is 12.4. The van der Waals surface area contributed by atoms with Crippen molar-refractivity contribution >= 4 is 22.6 Å². The first-order valence-electron chi connectivity index (χ1n) is 11.0. The van der Waals surface area contributed by atoms with Gasteiger partial charge >= 0.3 is 5.97 Å². The van der Waals surface area contributed by atoms with E-state index >= 15 is 0 Å². The van der Waals surface area contributed by atoms with Crippen molar-refractivity contribution in [1.29, 1.82) is 0 Å². The zero-order chi connectivity index (χ0) is 24.8. The fraction of sp³-hybridized carbons (Fsp3) is 0.148. The minimum atomic E-state index is -1.21. The number of hydrogen-bond acceptors (Lipinski definition) is 6. The Morgan fingerprint density at radius 2 is 1.66 bits per heavy atom. The van der Waals surface area contributed by atoms with Crippen molar-refractivity contribution < 1.29 is 29.3 Å². The number of nitrogens with one attached hydrogen (secondary N) is 1. The second kappa shape index (κ2) is 10.6. The van der Waals surface area contributed by atoms with E-state index in [0.29, 0.717) is 22.3 Å². The standard InChI is InChI=1S/C27H24N2O6/c1-2-34-27-22-15-20(11-12-21(22)25(32)24(29-27)26(33)28-16-23(30)31)35-19-10-6-9-18(14-19)13-17-7-4-3-5-8-17/h3-12,14-15,32H,2,13,16H2,1H3,(H,28,33)(H,30,31). The monoisotopic (exact) mass is 472 g/mol. The number of aromatic hydroxyl groups is 1. The van der Waals surface area contributed by atoms with Crippen LogP contribution in [0, 0.1) is 0 Å². The zero-order valence-corrected chi connectivity index (χ0v) is 19.0. The van der Waals surface area contributed by atoms with Crippen LogP contribution in [0.3, 0.4) is 0 Å². The van der Waals surface area contributed by atoms with Crippen LogP contribution < -0.4 is 14.8 Å². The molecule has 4 rings (SSSR count). The smallest absolute Gasteiger partial charge is 0.322 e. The lowest BCUT2D eigenvalue weighted by molar-refractivity contribution is -0.135. The number of aromatic nitrogens is 1. The van der Waals surface area contributed by atoms with Gasteiger partial charge in [0.05, 0.1) is 12.0 Å². The molecular weight excluding hydrogens is 448 g/mol. The zero-order valence-electron chi connectivity index (χ0n) is 19.0. The maximum Gasteiger partial charge on any atom is 0.322 e. The largest absolute Gasteiger partial charge is 0.505 e. The van der Waals surface area contributed by atoms with Gasteiger partial charge in [0.2, 0.25) is 5.88 Å². The molecule has 1 heterocycles. The minimum absolute atomic E-state index is 0.129. The fourth-order valence-electron chi connectivity index (χ4n) is 3.64. The summed E-state index contributed by atoms with van der Waals surface area (Å²) in [6.45, 7) is 1.44. The van der Waals surface area contributed by atoms with Crippen LogP contribution in [0.25, 0.3) is 10.8 Å². The van der Waals surface area contributed by atoms with E-state index in [1.165, 1.54) is 5.56 Å². The second-order valence-electron chi connectivity index (χ2n) is 7.74. The maximum atomic E-state index is 12.4. The fourth-order valence-corrected chi connectivity index (χ4v) is 3.64. The molecular formula is C27H24N2O6. The number of rotatable bonds is 9. The number of carbonyl (C=O) groups excluding carboxylic acids is 1. The summed E-state index contributed by atoms with van der Waals surface area (Å²) in [5, 5.41) is 22.4. The molecule has 8 heteroatoms. The lowest BCUT2D eigenvalue weighted by Gasteiger charge is -2.14. The van der Waals surface area contributed by atoms with Crippen molar-refractivity contribution in [2.75, 3.05) is 13.2 Å². The van der Waals surface area contributed by atoms with Gasteiger partial charge in [0.15, 0.2) is 11.4 Å². The van der Waals surface area contributed by atoms with E-state index in [1.807, 2.05) is 42.5 Å². The highest BCUT2D eigenvalue weighted by molar-refractivity contribution is 6.04. The minimum Gasteiger partial charge on any atom is -0.505 e. The van der Waals surface area contributed by atoms with Gasteiger partial charge in [0, 0.05) is 5.39 Å². The topological polar surface area (TPSA) is 118 Å². The van der Waals surface area contributed by atoms with Crippen molar-refractivity contribution in [2.45, 2.75) is 13.3 Å². The first-order chi connectivity index (χ1) is 16.9. The Morgan fingerprint density at radius 3 is 2.40 bits per heavy atom. The van der Waals surface area contributed by atoms with Crippen molar-refractivity contribution in [3.8, 4) is 23.1 Å². The van der Waals surface area contributed by atoms with Crippen molar-refractivity contribution in [3.05, 3.63) is 89.6 Å². The van der Waals surface area contributed by atoms with Gasteiger partial charge in [-0.25, -0.2) is 4.98 Å². The number of ether oxygens (including phenoxy) is 2. The number of benzene rings is 3. The SMILES string of the molecule is CCOc1nc(C(=O)NCC(=O)O)c(O)c2ccc(Oc3cccc(Cc4ccccc4)c3)cc12. The van der Waals surface area contributed by atoms with E-state index in [4.69, 9.17) is 14.6 Å². The van der Waals surface area contributed by atoms with Crippen molar-refractivity contribution in [1.82, 2.24) is 10.3 Å². The van der Waals surface area contributed by atoms with Crippen LogP contribution in [-0.4, -0.2) is 40.2 Å². The van der Waals surface area contributed by atoms with Crippen LogP contribution >= 0.6 is 0 Å². The van der Waals surface area contributed by atoms with E-state index in [9.17, 15) is 14.7 Å². The van der Waals surface area contributed by atoms with Gasteiger partial charge in [-0.15, -0.1) is 0 Å². The number of carboxylic acid groups (broad SMARTS) is 1. The molecule has 4 aromatic rings. The Labute approximate surface area is 201 Å². The number of hydrogen-bond donors (Lipinski definition) is 3. The van der Waals surface area contributed by atoms with Crippen molar-refractivity contribution in [3.63, 3.8) is 0 Å². The van der Waals surface area contributed by atoms with Gasteiger partial charge in [-0.05, 0) is 54.8 Å². The molecule has 1 aromatic heterocycles. The van der Waals surface area contributed by atoms with E-state index in [1.54, 1.807) is 25.1 Å². The third-order valence-corrected chi connectivity index (χ3v) is 5.20. The Bertz CT molecular complexity index is 1370. The molecule has 0 saturated carbocycles. The van der Waals surface area contributed by atoms with Gasteiger partial charge in [-0.2, -0.15) is 0 Å². The number of carboxylic acids is 1. The Hall–Kier alpha value is -4.59. The molecule has 0 atom stereocenters. The molecule has 0 saturated heterocycles. The van der Waals surface area contributed by atoms with Gasteiger partial charge in [-0.1, -0.05) is 42.5 Å². The number of fused-ring (bicyclic) bond motifs is 1. The highest BCUT2D eigenvalue weighted by Gasteiger charge is 2.21. The predicted octanol–water partition coefficient (Wildman–Crippen LogP) is 4.54. The quantitative estimate of drug-likeness (QED) is 0.327. The number of aliphatic carboxylic acids is 1. The number of amides is 1. The molecule has 0 bridgehead atoms. The van der Waals surface area contributed by atoms with Crippen LogP contribution in [0.2, 0.25) is 0 Å². The highest BCUT2D eigenvalue weighted by atomic mass is 16.5. The average Bonchev–Trinajstić information content (AvgIpc) is 2.85. The third kappa shape index (κ3) is 5.67. The summed E-state index contributed by atoms with van der Waals surface area (Å²) >= 11 is 0. The normalized spacial score (nSPS) is 10.7. The lowest BCUT2D eigenvalue weighted by Crippen LogP contribution is -2.30. The molecule has 8 nitrogen and oxygen atoms in total. The van der Waals surface area contributed by atoms with Crippen molar-refractivity contribution in [2.24, 2.45) is 0 Å². The van der Waals surface area contributed by atoms with E-state index < -0.39 is 18.4 Å². The third-order valence-electron chi connectivity index (χ3n) is 5.20. The molecule has 0 aliphatic carbocycles. The molecule has 0 aliphatic heterocycles. The van der Waals surface area contributed by atoms with Crippen LogP contribution in [0.1, 0.15) is 28.5 Å². The summed E-state index contributed by atoms with van der Waals surface area (Å²) in [4.78, 5) is 27.3. The first-order valence-corrected chi connectivity index (χ1v) is 11.0. The van der Waals surface area contributed by atoms with E-state index in [0.717, 1.165) is 12.0 Å².